The van der Waals surface area contributed by atoms with Gasteiger partial charge < -0.3 is 9.30 Å². The van der Waals surface area contributed by atoms with E-state index in [0.29, 0.717) is 17.0 Å². The van der Waals surface area contributed by atoms with E-state index in [0.717, 1.165) is 30.0 Å². The van der Waals surface area contributed by atoms with Crippen LogP contribution < -0.4 is 4.74 Å². The summed E-state index contributed by atoms with van der Waals surface area (Å²) in [5, 5.41) is 0. The first-order valence-electron chi connectivity index (χ1n) is 11.0. The second-order valence-corrected chi connectivity index (χ2v) is 11.1. The molecule has 4 nitrogen and oxygen atoms in total. The van der Waals surface area contributed by atoms with Crippen LogP contribution in [0.25, 0.3) is 5.69 Å². The summed E-state index contributed by atoms with van der Waals surface area (Å²) in [5.41, 5.74) is 1.14. The van der Waals surface area contributed by atoms with Crippen molar-refractivity contribution < 1.29 is 37.3 Å². The maximum absolute atomic E-state index is 13.6. The lowest BCUT2D eigenvalue weighted by atomic mass is 10.0. The minimum Gasteiger partial charge on any atom is -0.495 e. The molecule has 0 aliphatic carbocycles. The summed E-state index contributed by atoms with van der Waals surface area (Å²) < 4.78 is 113. The Bertz CT molecular complexity index is 1480. The van der Waals surface area contributed by atoms with Gasteiger partial charge in [-0.3, -0.25) is 4.98 Å². The third kappa shape index (κ3) is 6.44. The molecule has 4 rings (SSSR count). The highest BCUT2D eigenvalue weighted by Gasteiger charge is 2.65. The molecule has 4 aromatic rings. The predicted octanol–water partition coefficient (Wildman–Crippen LogP) is 8.44. The van der Waals surface area contributed by atoms with E-state index in [1.807, 2.05) is 6.92 Å². The van der Waals surface area contributed by atoms with Crippen LogP contribution in [0.2, 0.25) is 0 Å². The normalized spacial score (nSPS) is 14.2. The van der Waals surface area contributed by atoms with Crippen molar-refractivity contribution >= 4 is 10.2 Å². The number of methoxy groups -OCH3 is 1. The van der Waals surface area contributed by atoms with Crippen molar-refractivity contribution in [2.75, 3.05) is 7.11 Å². The number of rotatable bonds is 7. The first kappa shape index (κ1) is 27.4. The molecular weight excluding hydrogens is 542 g/mol. The lowest BCUT2D eigenvalue weighted by Crippen LogP contribution is -2.10. The highest BCUT2D eigenvalue weighted by Crippen LogP contribution is 3.02. The third-order valence-electron chi connectivity index (χ3n) is 5.63. The quantitative estimate of drug-likeness (QED) is 0.212. The number of pyridine rings is 1. The molecule has 2 heterocycles. The fourth-order valence-corrected chi connectivity index (χ4v) is 4.53. The van der Waals surface area contributed by atoms with E-state index in [1.54, 1.807) is 35.3 Å². The van der Waals surface area contributed by atoms with E-state index >= 15 is 0 Å². The largest absolute Gasteiger partial charge is 0.495 e. The van der Waals surface area contributed by atoms with Crippen molar-refractivity contribution in [3.63, 3.8) is 0 Å². The van der Waals surface area contributed by atoms with Crippen molar-refractivity contribution in [2.45, 2.75) is 30.8 Å². The second kappa shape index (κ2) is 8.72. The molecule has 0 bridgehead atoms. The van der Waals surface area contributed by atoms with Gasteiger partial charge in [-0.05, 0) is 54.4 Å². The van der Waals surface area contributed by atoms with Gasteiger partial charge in [0, 0.05) is 30.4 Å². The summed E-state index contributed by atoms with van der Waals surface area (Å²) >= 11 is 0. The van der Waals surface area contributed by atoms with Gasteiger partial charge in [0.15, 0.2) is 0 Å². The second-order valence-electron chi connectivity index (χ2n) is 8.73. The maximum Gasteiger partial charge on any atom is 0.416 e. The van der Waals surface area contributed by atoms with Gasteiger partial charge in [-0.25, -0.2) is 4.98 Å². The van der Waals surface area contributed by atoms with Gasteiger partial charge in [0.25, 0.3) is 0 Å². The number of aromatic nitrogens is 3. The van der Waals surface area contributed by atoms with Crippen LogP contribution in [-0.2, 0) is 19.0 Å². The zero-order valence-electron chi connectivity index (χ0n) is 19.9. The topological polar surface area (TPSA) is 39.9 Å². The van der Waals surface area contributed by atoms with Crippen LogP contribution in [0.4, 0.5) is 32.6 Å². The SMILES string of the molecule is COc1cc(Cc2cc(C(F)(F)F)cc(Cc3ccc(S(F)(F)(F)(F)F)cc3)n2)ccc1-n1cnc(C)c1. The smallest absolute Gasteiger partial charge is 0.416 e. The fourth-order valence-electron chi connectivity index (χ4n) is 3.88. The van der Waals surface area contributed by atoms with Crippen LogP contribution in [0.1, 0.15) is 33.8 Å². The summed E-state index contributed by atoms with van der Waals surface area (Å²) in [7, 11) is -8.41. The Balaban J connectivity index is 1.64. The number of alkyl halides is 3. The number of nitrogens with zero attached hydrogens (tertiary/aromatic N) is 3. The van der Waals surface area contributed by atoms with Gasteiger partial charge in [0.2, 0.25) is 0 Å². The van der Waals surface area contributed by atoms with Crippen LogP contribution in [-0.4, -0.2) is 21.6 Å². The number of imidazole rings is 1. The van der Waals surface area contributed by atoms with Gasteiger partial charge in [0.1, 0.15) is 10.6 Å². The summed E-state index contributed by atoms with van der Waals surface area (Å²) in [6.07, 6.45) is -1.63. The Morgan fingerprint density at radius 1 is 0.842 bits per heavy atom. The summed E-state index contributed by atoms with van der Waals surface area (Å²) in [6, 6.07) is 8.81. The molecule has 0 atom stereocenters. The van der Waals surface area contributed by atoms with E-state index < -0.39 is 26.9 Å². The minimum atomic E-state index is -9.86. The molecule has 0 unspecified atom stereocenters. The molecule has 0 fully saturated rings. The molecule has 0 amide bonds. The summed E-state index contributed by atoms with van der Waals surface area (Å²) in [4.78, 5) is 6.34. The summed E-state index contributed by atoms with van der Waals surface area (Å²) in [5.74, 6) is 0.455. The van der Waals surface area contributed by atoms with Crippen LogP contribution in [0.15, 0.2) is 72.0 Å². The molecule has 0 aliphatic heterocycles. The van der Waals surface area contributed by atoms with Gasteiger partial charge in [0.05, 0.1) is 30.4 Å². The first-order chi connectivity index (χ1) is 17.4. The van der Waals surface area contributed by atoms with Crippen LogP contribution in [0, 0.1) is 6.92 Å². The Morgan fingerprint density at radius 2 is 1.42 bits per heavy atom. The van der Waals surface area contributed by atoms with Crippen molar-refractivity contribution in [3.8, 4) is 11.4 Å². The lowest BCUT2D eigenvalue weighted by molar-refractivity contribution is -0.137. The molecule has 13 heteroatoms. The summed E-state index contributed by atoms with van der Waals surface area (Å²) in [6.45, 7) is 1.81. The van der Waals surface area contributed by atoms with E-state index in [1.165, 1.54) is 7.11 Å². The molecule has 0 saturated heterocycles. The molecule has 0 radical (unpaired) electrons. The minimum absolute atomic E-state index is 0.000327. The predicted molar refractivity (Wildman–Crippen MR) is 128 cm³/mol. The number of benzene rings is 2. The van der Waals surface area contributed by atoms with E-state index in [2.05, 4.69) is 9.97 Å². The number of hydrogen-bond donors (Lipinski definition) is 0. The number of halogens is 8. The molecule has 0 aliphatic rings. The van der Waals surface area contributed by atoms with Gasteiger partial charge >= 0.3 is 16.4 Å². The molecule has 38 heavy (non-hydrogen) atoms. The van der Waals surface area contributed by atoms with E-state index in [9.17, 15) is 32.6 Å². The first-order valence-corrected chi connectivity index (χ1v) is 12.9. The Kier molecular flexibility index (Phi) is 6.29. The van der Waals surface area contributed by atoms with Crippen LogP contribution in [0.3, 0.4) is 0 Å². The fraction of sp³-hybridized carbons (Fsp3) is 0.200. The molecule has 2 aromatic carbocycles. The number of hydrogen-bond acceptors (Lipinski definition) is 3. The van der Waals surface area contributed by atoms with Gasteiger partial charge in [-0.15, -0.1) is 0 Å². The van der Waals surface area contributed by atoms with Gasteiger partial charge in [-0.1, -0.05) is 37.6 Å². The average Bonchev–Trinajstić information content (AvgIpc) is 3.23. The van der Waals surface area contributed by atoms with Crippen LogP contribution >= 0.6 is 10.2 Å². The number of ether oxygens (including phenoxy) is 1. The van der Waals surface area contributed by atoms with E-state index in [4.69, 9.17) is 4.74 Å². The molecule has 0 saturated carbocycles. The zero-order chi connectivity index (χ0) is 28.0. The average molecular weight is 564 g/mol. The molecule has 204 valence electrons. The van der Waals surface area contributed by atoms with Gasteiger partial charge in [-0.2, -0.15) is 13.2 Å². The van der Waals surface area contributed by atoms with Crippen molar-refractivity contribution in [2.24, 2.45) is 0 Å². The van der Waals surface area contributed by atoms with Crippen LogP contribution in [0.5, 0.6) is 5.75 Å². The van der Waals surface area contributed by atoms with Crippen molar-refractivity contribution in [3.05, 3.63) is 101 Å². The van der Waals surface area contributed by atoms with Crippen molar-refractivity contribution in [1.29, 1.82) is 0 Å². The Morgan fingerprint density at radius 3 is 1.92 bits per heavy atom. The highest BCUT2D eigenvalue weighted by atomic mass is 32.5. The monoisotopic (exact) mass is 563 g/mol. The van der Waals surface area contributed by atoms with E-state index in [-0.39, 0.29) is 41.9 Å². The molecule has 0 N–H and O–H groups in total. The molecular formula is C25H21F8N3OS. The Hall–Kier alpha value is -3.61. The zero-order valence-corrected chi connectivity index (χ0v) is 20.8. The Labute approximate surface area is 212 Å². The number of aryl methyl sites for hydroxylation is 1. The lowest BCUT2D eigenvalue weighted by Gasteiger charge is -2.40. The maximum atomic E-state index is 13.6. The van der Waals surface area contributed by atoms with Crippen molar-refractivity contribution in [1.82, 2.24) is 14.5 Å². The molecule has 0 spiro atoms. The third-order valence-corrected chi connectivity index (χ3v) is 6.80. The standard InChI is InChI=1S/C25H21F8N3OS/c1-16-14-36(15-34-16)23-8-5-18(11-24(23)37-2)10-21-13-19(25(26,27)28)12-20(35-21)9-17-3-6-22(7-4-17)38(29,30,31,32)33/h3-8,11-15H,9-10H2,1-2H3. The highest BCUT2D eigenvalue weighted by molar-refractivity contribution is 8.45. The molecule has 2 aromatic heterocycles.